The van der Waals surface area contributed by atoms with Crippen molar-refractivity contribution in [2.75, 3.05) is 0 Å². The third kappa shape index (κ3) is 2.59. The second-order valence-electron chi connectivity index (χ2n) is 5.08. The van der Waals surface area contributed by atoms with Crippen molar-refractivity contribution in [1.29, 1.82) is 0 Å². The Bertz CT molecular complexity index is 713. The van der Waals surface area contributed by atoms with E-state index in [1.165, 1.54) is 0 Å². The van der Waals surface area contributed by atoms with Gasteiger partial charge in [-0.25, -0.2) is 17.2 Å². The molecule has 0 aliphatic heterocycles. The SMILES string of the molecule is O=S(=O)([O-])C(F)(C(F)(F)F)C1(F)C(F)(F)C(F)(F)C(F)(F)C(F)(F)C1(F)F.[K+]. The maximum atomic E-state index is 14.0. The van der Waals surface area contributed by atoms with Gasteiger partial charge in [0.1, 0.15) is 10.1 Å². The molecule has 1 aliphatic carbocycles. The van der Waals surface area contributed by atoms with Gasteiger partial charge in [-0.1, -0.05) is 0 Å². The first kappa shape index (κ1) is 28.5. The minimum absolute atomic E-state index is 0. The van der Waals surface area contributed by atoms with Crippen LogP contribution in [-0.4, -0.2) is 59.4 Å². The number of rotatable bonds is 2. The summed E-state index contributed by atoms with van der Waals surface area (Å²) in [4.78, 5) is 0. The second-order valence-corrected chi connectivity index (χ2v) is 6.55. The van der Waals surface area contributed by atoms with Crippen molar-refractivity contribution >= 4 is 10.1 Å². The van der Waals surface area contributed by atoms with Gasteiger partial charge in [-0.05, 0) is 0 Å². The van der Waals surface area contributed by atoms with Crippen molar-refractivity contribution in [1.82, 2.24) is 0 Å². The molecule has 1 saturated carbocycles. The van der Waals surface area contributed by atoms with Crippen molar-refractivity contribution in [2.24, 2.45) is 0 Å². The summed E-state index contributed by atoms with van der Waals surface area (Å²) in [5.74, 6) is -41.5. The molecular weight excluding hydrogens is 500 g/mol. The fourth-order valence-electron chi connectivity index (χ4n) is 2.13. The number of hydrogen-bond donors (Lipinski definition) is 0. The molecule has 0 spiro atoms. The van der Waals surface area contributed by atoms with E-state index in [-0.39, 0.29) is 51.4 Å². The van der Waals surface area contributed by atoms with Gasteiger partial charge in [0.25, 0.3) is 0 Å². The Kier molecular flexibility index (Phi) is 6.62. The largest absolute Gasteiger partial charge is 1.00 e. The first-order valence-electron chi connectivity index (χ1n) is 5.54. The zero-order valence-electron chi connectivity index (χ0n) is 12.3. The van der Waals surface area contributed by atoms with Crippen LogP contribution in [0.5, 0.6) is 0 Å². The Morgan fingerprint density at radius 1 is 0.571 bits per heavy atom. The quantitative estimate of drug-likeness (QED) is 0.318. The maximum Gasteiger partial charge on any atom is 1.00 e. The van der Waals surface area contributed by atoms with Crippen molar-refractivity contribution < 1.29 is 130 Å². The summed E-state index contributed by atoms with van der Waals surface area (Å²) in [5, 5.41) is -8.41. The van der Waals surface area contributed by atoms with Crippen LogP contribution in [0.25, 0.3) is 0 Å². The fourth-order valence-corrected chi connectivity index (χ4v) is 3.02. The topological polar surface area (TPSA) is 57.2 Å². The predicted octanol–water partition coefficient (Wildman–Crippen LogP) is 0.662. The Morgan fingerprint density at radius 3 is 0.964 bits per heavy atom. The molecular formula is C8F15KO3S. The van der Waals surface area contributed by atoms with Crippen LogP contribution < -0.4 is 51.4 Å². The van der Waals surface area contributed by atoms with Crippen LogP contribution in [0.4, 0.5) is 65.9 Å². The minimum Gasteiger partial charge on any atom is -0.745 e. The zero-order chi connectivity index (χ0) is 22.5. The Hall–Kier alpha value is 0.496. The van der Waals surface area contributed by atoms with E-state index in [4.69, 9.17) is 0 Å². The third-order valence-electron chi connectivity index (χ3n) is 3.59. The van der Waals surface area contributed by atoms with Crippen LogP contribution in [0.1, 0.15) is 0 Å². The zero-order valence-corrected chi connectivity index (χ0v) is 16.2. The number of alkyl halides is 15. The monoisotopic (exact) mass is 500 g/mol. The normalized spacial score (nSPS) is 29.3. The molecule has 0 radical (unpaired) electrons. The average molecular weight is 500 g/mol. The van der Waals surface area contributed by atoms with E-state index in [0.29, 0.717) is 0 Å². The molecule has 162 valence electrons. The Morgan fingerprint density at radius 2 is 0.786 bits per heavy atom. The molecule has 1 unspecified atom stereocenters. The van der Waals surface area contributed by atoms with Gasteiger partial charge in [0.2, 0.25) is 0 Å². The van der Waals surface area contributed by atoms with Gasteiger partial charge < -0.3 is 4.55 Å². The molecule has 0 heterocycles. The molecule has 0 aromatic rings. The van der Waals surface area contributed by atoms with Gasteiger partial charge in [-0.3, -0.25) is 0 Å². The van der Waals surface area contributed by atoms with Crippen LogP contribution in [0.15, 0.2) is 0 Å². The van der Waals surface area contributed by atoms with Crippen molar-refractivity contribution in [2.45, 2.75) is 46.5 Å². The summed E-state index contributed by atoms with van der Waals surface area (Å²) in [6, 6.07) is 0. The third-order valence-corrected chi connectivity index (χ3v) is 4.80. The molecule has 1 atom stereocenters. The van der Waals surface area contributed by atoms with Crippen LogP contribution in [0, 0.1) is 0 Å². The van der Waals surface area contributed by atoms with Gasteiger partial charge in [0, 0.05) is 0 Å². The van der Waals surface area contributed by atoms with Gasteiger partial charge in [-0.15, -0.1) is 0 Å². The van der Waals surface area contributed by atoms with Crippen LogP contribution in [0.3, 0.4) is 0 Å². The van der Waals surface area contributed by atoms with Gasteiger partial charge in [0.15, 0.2) is 0 Å². The molecule has 0 aromatic carbocycles. The fraction of sp³-hybridized carbons (Fsp3) is 1.00. The first-order chi connectivity index (χ1) is 11.2. The van der Waals surface area contributed by atoms with Crippen LogP contribution in [-0.2, 0) is 10.1 Å². The smallest absolute Gasteiger partial charge is 0.745 e. The van der Waals surface area contributed by atoms with Crippen molar-refractivity contribution in [3.05, 3.63) is 0 Å². The number of halogens is 15. The van der Waals surface area contributed by atoms with Crippen LogP contribution >= 0.6 is 0 Å². The summed E-state index contributed by atoms with van der Waals surface area (Å²) in [6.45, 7) is 0. The summed E-state index contributed by atoms with van der Waals surface area (Å²) in [7, 11) is -8.65. The number of hydrogen-bond acceptors (Lipinski definition) is 3. The summed E-state index contributed by atoms with van der Waals surface area (Å²) < 4.78 is 227. The summed E-state index contributed by atoms with van der Waals surface area (Å²) >= 11 is 0. The van der Waals surface area contributed by atoms with Crippen molar-refractivity contribution in [3.8, 4) is 0 Å². The van der Waals surface area contributed by atoms with E-state index < -0.39 is 56.6 Å². The molecule has 0 amide bonds. The van der Waals surface area contributed by atoms with Gasteiger partial charge >= 0.3 is 97.8 Å². The molecule has 1 aliphatic rings. The molecule has 3 nitrogen and oxygen atoms in total. The second kappa shape index (κ2) is 6.50. The van der Waals surface area contributed by atoms with E-state index in [9.17, 15) is 78.8 Å². The standard InChI is InChI=1S/C8HF15O3S.K/c9-1(7(20,8(21,22)23)27(24,25)26)2(10,11)4(14,15)6(18,19)5(16,17)3(1,12)13;/h(H,24,25,26);/q;+1/p-1. The first-order valence-corrected chi connectivity index (χ1v) is 6.95. The Balaban J connectivity index is 0.00000729. The minimum atomic E-state index is -8.72. The average Bonchev–Trinajstić information content (AvgIpc) is 2.40. The molecule has 20 heteroatoms. The molecule has 0 N–H and O–H groups in total. The Labute approximate surface area is 185 Å². The van der Waals surface area contributed by atoms with Crippen molar-refractivity contribution in [3.63, 3.8) is 0 Å². The maximum absolute atomic E-state index is 14.0. The van der Waals surface area contributed by atoms with Gasteiger partial charge in [0.05, 0.1) is 0 Å². The summed E-state index contributed by atoms with van der Waals surface area (Å²) in [5.41, 5.74) is -8.72. The van der Waals surface area contributed by atoms with E-state index in [1.807, 2.05) is 0 Å². The van der Waals surface area contributed by atoms with E-state index >= 15 is 0 Å². The van der Waals surface area contributed by atoms with E-state index in [2.05, 4.69) is 0 Å². The molecule has 1 fully saturated rings. The molecule has 0 saturated heterocycles. The molecule has 1 rings (SSSR count). The molecule has 0 aromatic heterocycles. The van der Waals surface area contributed by atoms with Crippen LogP contribution in [0.2, 0.25) is 0 Å². The van der Waals surface area contributed by atoms with E-state index in [1.54, 1.807) is 0 Å². The molecule has 28 heavy (non-hydrogen) atoms. The van der Waals surface area contributed by atoms with Gasteiger partial charge in [-0.2, -0.15) is 57.1 Å². The molecule has 0 bridgehead atoms. The predicted molar refractivity (Wildman–Crippen MR) is 48.2 cm³/mol. The van der Waals surface area contributed by atoms with E-state index in [0.717, 1.165) is 0 Å². The summed E-state index contributed by atoms with van der Waals surface area (Å²) in [6.07, 6.45) is -8.13.